The molecule has 2 heterocycles. The summed E-state index contributed by atoms with van der Waals surface area (Å²) in [6, 6.07) is 12.1. The maximum atomic E-state index is 11.8. The molecule has 1 aromatic carbocycles. The summed E-state index contributed by atoms with van der Waals surface area (Å²) in [4.78, 5) is 18.7. The van der Waals surface area contributed by atoms with Crippen molar-refractivity contribution in [3.05, 3.63) is 48.2 Å². The molecule has 1 aliphatic heterocycles. The zero-order valence-corrected chi connectivity index (χ0v) is 18.4. The van der Waals surface area contributed by atoms with Gasteiger partial charge in [-0.1, -0.05) is 37.6 Å². The van der Waals surface area contributed by atoms with Crippen LogP contribution in [0, 0.1) is 11.8 Å². The van der Waals surface area contributed by atoms with Crippen molar-refractivity contribution < 1.29 is 14.6 Å². The molecule has 3 rings (SSSR count). The molecule has 1 saturated heterocycles. The largest absolute Gasteiger partial charge is 0.481 e. The smallest absolute Gasteiger partial charge is 0.307 e. The van der Waals surface area contributed by atoms with Crippen LogP contribution in [-0.4, -0.2) is 48.2 Å². The number of carbonyl (C=O) groups is 1. The number of nitrogens with two attached hydrogens (primary N) is 2. The molecule has 0 unspecified atom stereocenters. The van der Waals surface area contributed by atoms with Crippen LogP contribution in [0.3, 0.4) is 0 Å². The Labute approximate surface area is 188 Å². The number of nitrogens with zero attached hydrogens (tertiary/aromatic N) is 3. The van der Waals surface area contributed by atoms with Gasteiger partial charge in [-0.05, 0) is 36.1 Å². The van der Waals surface area contributed by atoms with Gasteiger partial charge in [0.05, 0.1) is 19.1 Å². The van der Waals surface area contributed by atoms with Gasteiger partial charge in [0, 0.05) is 30.8 Å². The van der Waals surface area contributed by atoms with Crippen molar-refractivity contribution in [2.45, 2.75) is 26.2 Å². The predicted octanol–water partition coefficient (Wildman–Crippen LogP) is 1.98. The summed E-state index contributed by atoms with van der Waals surface area (Å²) in [5.41, 5.74) is 11.3. The third kappa shape index (κ3) is 5.95. The highest BCUT2D eigenvalue weighted by atomic mass is 16.5. The fourth-order valence-electron chi connectivity index (χ4n) is 4.04. The maximum absolute atomic E-state index is 11.8. The van der Waals surface area contributed by atoms with E-state index in [1.807, 2.05) is 43.5 Å². The summed E-state index contributed by atoms with van der Waals surface area (Å²) in [5, 5.41) is 13.6. The Morgan fingerprint density at radius 2 is 1.88 bits per heavy atom. The standard InChI is InChI=1S/C23H32N6O3/c1-2-3-19(23(30)31)20(22(24)27-28-25)14-16-4-6-17(7-5-16)18-8-9-21(26-15-18)29-10-12-32-13-11-29/h4-9,15,19-20,28H,2-3,10-14,25H2,1H3,(H2,24,27)(H,30,31)/t19-,20-/m0/s1. The second-order valence-electron chi connectivity index (χ2n) is 7.91. The van der Waals surface area contributed by atoms with Crippen LogP contribution in [0.4, 0.5) is 5.82 Å². The van der Waals surface area contributed by atoms with Gasteiger partial charge in [-0.2, -0.15) is 5.10 Å². The molecule has 9 heteroatoms. The van der Waals surface area contributed by atoms with Gasteiger partial charge in [-0.3, -0.25) is 4.79 Å². The second kappa shape index (κ2) is 11.4. The Balaban J connectivity index is 1.74. The number of amidine groups is 1. The van der Waals surface area contributed by atoms with E-state index in [4.69, 9.17) is 16.3 Å². The summed E-state index contributed by atoms with van der Waals surface area (Å²) in [6.45, 7) is 5.11. The molecule has 0 amide bonds. The first-order valence-electron chi connectivity index (χ1n) is 10.9. The first-order valence-corrected chi connectivity index (χ1v) is 10.9. The SMILES string of the molecule is CCC[C@H](C(=O)O)[C@H](Cc1ccc(-c2ccc(N3CCOCC3)nc2)cc1)/C(N)=N/NN. The topological polar surface area (TPSA) is 139 Å². The lowest BCUT2D eigenvalue weighted by Crippen LogP contribution is -2.38. The summed E-state index contributed by atoms with van der Waals surface area (Å²) in [7, 11) is 0. The number of aromatic nitrogens is 1. The third-order valence-corrected chi connectivity index (χ3v) is 5.80. The van der Waals surface area contributed by atoms with Gasteiger partial charge in [0.15, 0.2) is 0 Å². The van der Waals surface area contributed by atoms with Crippen molar-refractivity contribution in [2.75, 3.05) is 31.2 Å². The molecule has 9 nitrogen and oxygen atoms in total. The van der Waals surface area contributed by atoms with Gasteiger partial charge < -0.3 is 20.5 Å². The van der Waals surface area contributed by atoms with E-state index in [-0.39, 0.29) is 5.84 Å². The fourth-order valence-corrected chi connectivity index (χ4v) is 4.04. The number of benzene rings is 1. The molecule has 0 aliphatic carbocycles. The van der Waals surface area contributed by atoms with Gasteiger partial charge in [0.2, 0.25) is 0 Å². The van der Waals surface area contributed by atoms with E-state index in [2.05, 4.69) is 26.6 Å². The summed E-state index contributed by atoms with van der Waals surface area (Å²) in [5.74, 6) is 4.46. The van der Waals surface area contributed by atoms with E-state index in [0.717, 1.165) is 55.2 Å². The molecule has 0 spiro atoms. The monoisotopic (exact) mass is 440 g/mol. The first-order chi connectivity index (χ1) is 15.5. The Kier molecular flexibility index (Phi) is 8.41. The van der Waals surface area contributed by atoms with E-state index in [1.165, 1.54) is 0 Å². The van der Waals surface area contributed by atoms with Crippen LogP contribution in [0.25, 0.3) is 11.1 Å². The maximum Gasteiger partial charge on any atom is 0.307 e. The van der Waals surface area contributed by atoms with Crippen LogP contribution in [0.2, 0.25) is 0 Å². The van der Waals surface area contributed by atoms with Crippen LogP contribution in [0.15, 0.2) is 47.7 Å². The number of hydrazone groups is 1. The molecule has 1 aromatic heterocycles. The highest BCUT2D eigenvalue weighted by Crippen LogP contribution is 2.26. The molecular weight excluding hydrogens is 408 g/mol. The number of hydrogen-bond donors (Lipinski definition) is 4. The molecule has 172 valence electrons. The zero-order valence-electron chi connectivity index (χ0n) is 18.4. The number of morpholine rings is 1. The van der Waals surface area contributed by atoms with E-state index in [1.54, 1.807) is 0 Å². The van der Waals surface area contributed by atoms with Crippen molar-refractivity contribution in [3.8, 4) is 11.1 Å². The Morgan fingerprint density at radius 1 is 1.19 bits per heavy atom. The number of nitrogens with one attached hydrogen (secondary N) is 1. The molecule has 6 N–H and O–H groups in total. The average molecular weight is 441 g/mol. The Hall–Kier alpha value is -3.17. The molecule has 0 radical (unpaired) electrons. The van der Waals surface area contributed by atoms with E-state index < -0.39 is 17.8 Å². The van der Waals surface area contributed by atoms with Crippen LogP contribution in [-0.2, 0) is 16.0 Å². The van der Waals surface area contributed by atoms with Gasteiger partial charge in [-0.25, -0.2) is 16.4 Å². The van der Waals surface area contributed by atoms with Crippen LogP contribution in [0.1, 0.15) is 25.3 Å². The number of pyridine rings is 1. The van der Waals surface area contributed by atoms with Crippen molar-refractivity contribution in [1.29, 1.82) is 0 Å². The molecule has 32 heavy (non-hydrogen) atoms. The van der Waals surface area contributed by atoms with Gasteiger partial charge in [-0.15, -0.1) is 0 Å². The second-order valence-corrected chi connectivity index (χ2v) is 7.91. The predicted molar refractivity (Wildman–Crippen MR) is 125 cm³/mol. The number of aliphatic carboxylic acids is 1. The molecule has 0 bridgehead atoms. The lowest BCUT2D eigenvalue weighted by Gasteiger charge is -2.27. The lowest BCUT2D eigenvalue weighted by atomic mass is 9.83. The fraction of sp³-hybridized carbons (Fsp3) is 0.435. The number of anilines is 1. The van der Waals surface area contributed by atoms with Crippen molar-refractivity contribution in [1.82, 2.24) is 10.5 Å². The Morgan fingerprint density at radius 3 is 2.44 bits per heavy atom. The highest BCUT2D eigenvalue weighted by molar-refractivity contribution is 5.87. The van der Waals surface area contributed by atoms with E-state index in [0.29, 0.717) is 12.8 Å². The molecule has 2 atom stereocenters. The van der Waals surface area contributed by atoms with E-state index in [9.17, 15) is 9.90 Å². The molecule has 1 fully saturated rings. The summed E-state index contributed by atoms with van der Waals surface area (Å²) in [6.07, 6.45) is 3.59. The Bertz CT molecular complexity index is 895. The minimum Gasteiger partial charge on any atom is -0.481 e. The molecule has 2 aromatic rings. The molecular formula is C23H32N6O3. The quantitative estimate of drug-likeness (QED) is 0.190. The number of ether oxygens (including phenoxy) is 1. The lowest BCUT2D eigenvalue weighted by molar-refractivity contribution is -0.143. The third-order valence-electron chi connectivity index (χ3n) is 5.80. The van der Waals surface area contributed by atoms with Crippen LogP contribution < -0.4 is 22.0 Å². The van der Waals surface area contributed by atoms with E-state index >= 15 is 0 Å². The van der Waals surface area contributed by atoms with Crippen molar-refractivity contribution >= 4 is 17.6 Å². The number of carboxylic acids is 1. The minimum atomic E-state index is -0.880. The number of rotatable bonds is 10. The number of carboxylic acid groups (broad SMARTS) is 1. The first kappa shape index (κ1) is 23.5. The molecule has 0 saturated carbocycles. The zero-order chi connectivity index (χ0) is 22.9. The summed E-state index contributed by atoms with van der Waals surface area (Å²) < 4.78 is 5.40. The van der Waals surface area contributed by atoms with Crippen molar-refractivity contribution in [2.24, 2.45) is 28.5 Å². The van der Waals surface area contributed by atoms with Gasteiger partial charge in [0.25, 0.3) is 0 Å². The van der Waals surface area contributed by atoms with Gasteiger partial charge in [0.1, 0.15) is 11.7 Å². The number of hydrogen-bond acceptors (Lipinski definition) is 7. The van der Waals surface area contributed by atoms with Crippen molar-refractivity contribution in [3.63, 3.8) is 0 Å². The number of hydrazine groups is 1. The van der Waals surface area contributed by atoms with Gasteiger partial charge >= 0.3 is 5.97 Å². The average Bonchev–Trinajstić information content (AvgIpc) is 2.82. The van der Waals surface area contributed by atoms with Crippen LogP contribution >= 0.6 is 0 Å². The molecule has 1 aliphatic rings. The van der Waals surface area contributed by atoms with Crippen LogP contribution in [0.5, 0.6) is 0 Å². The minimum absolute atomic E-state index is 0.195. The summed E-state index contributed by atoms with van der Waals surface area (Å²) >= 11 is 0. The highest BCUT2D eigenvalue weighted by Gasteiger charge is 2.30. The normalized spacial score (nSPS) is 16.4.